The molecule has 1 aliphatic rings. The number of hydrogen-bond acceptors (Lipinski definition) is 6. The zero-order valence-electron chi connectivity index (χ0n) is 16.8. The van der Waals surface area contributed by atoms with Gasteiger partial charge in [0.05, 0.1) is 24.5 Å². The molecular formula is C21H26N2O6S. The third kappa shape index (κ3) is 5.71. The molecule has 0 amide bonds. The zero-order chi connectivity index (χ0) is 21.6. The monoisotopic (exact) mass is 434 g/mol. The van der Waals surface area contributed by atoms with Crippen LogP contribution in [0.25, 0.3) is 0 Å². The van der Waals surface area contributed by atoms with E-state index < -0.39 is 16.0 Å². The Bertz CT molecular complexity index is 969. The van der Waals surface area contributed by atoms with Crippen LogP contribution in [0.4, 0.5) is 5.69 Å². The second-order valence-electron chi connectivity index (χ2n) is 7.03. The van der Waals surface area contributed by atoms with Crippen molar-refractivity contribution < 1.29 is 27.8 Å². The third-order valence-electron chi connectivity index (χ3n) is 4.93. The number of sulfonamides is 1. The molecule has 2 aromatic rings. The molecule has 0 unspecified atom stereocenters. The fraction of sp³-hybridized carbons (Fsp3) is 0.381. The van der Waals surface area contributed by atoms with E-state index >= 15 is 0 Å². The molecule has 1 heterocycles. The van der Waals surface area contributed by atoms with Gasteiger partial charge in [0.2, 0.25) is 10.0 Å². The van der Waals surface area contributed by atoms with Gasteiger partial charge in [-0.25, -0.2) is 17.9 Å². The molecule has 9 heteroatoms. The molecule has 0 radical (unpaired) electrons. The molecule has 30 heavy (non-hydrogen) atoms. The Morgan fingerprint density at radius 1 is 1.23 bits per heavy atom. The molecule has 0 saturated carbocycles. The quantitative estimate of drug-likeness (QED) is 0.526. The van der Waals surface area contributed by atoms with E-state index in [-0.39, 0.29) is 23.1 Å². The van der Waals surface area contributed by atoms with Crippen LogP contribution in [0.5, 0.6) is 5.75 Å². The first-order chi connectivity index (χ1) is 14.4. The van der Waals surface area contributed by atoms with E-state index in [9.17, 15) is 18.3 Å². The third-order valence-corrected chi connectivity index (χ3v) is 6.43. The van der Waals surface area contributed by atoms with Crippen LogP contribution in [-0.2, 0) is 21.2 Å². The number of ether oxygens (including phenoxy) is 2. The normalized spacial score (nSPS) is 16.4. The number of benzene rings is 2. The molecular weight excluding hydrogens is 408 g/mol. The molecule has 1 atom stereocenters. The maximum atomic E-state index is 12.9. The second kappa shape index (κ2) is 9.92. The summed E-state index contributed by atoms with van der Waals surface area (Å²) in [4.78, 5) is 11.3. The van der Waals surface area contributed by atoms with Crippen molar-refractivity contribution in [2.45, 2.75) is 30.3 Å². The first-order valence-electron chi connectivity index (χ1n) is 9.74. The van der Waals surface area contributed by atoms with E-state index in [1.54, 1.807) is 7.11 Å². The first kappa shape index (κ1) is 22.1. The van der Waals surface area contributed by atoms with E-state index in [0.29, 0.717) is 25.3 Å². The van der Waals surface area contributed by atoms with Crippen LogP contribution in [0.3, 0.4) is 0 Å². The molecule has 1 aliphatic heterocycles. The molecule has 0 aromatic heterocycles. The lowest BCUT2D eigenvalue weighted by molar-refractivity contribution is 0.0696. The van der Waals surface area contributed by atoms with Crippen molar-refractivity contribution in [3.8, 4) is 5.75 Å². The number of carboxylic acids is 1. The maximum absolute atomic E-state index is 12.9. The van der Waals surface area contributed by atoms with Crippen molar-refractivity contribution in [1.29, 1.82) is 0 Å². The average molecular weight is 435 g/mol. The minimum absolute atomic E-state index is 0.0164. The Morgan fingerprint density at radius 3 is 2.63 bits per heavy atom. The number of hydrogen-bond donors (Lipinski definition) is 3. The fourth-order valence-corrected chi connectivity index (χ4v) is 4.49. The standard InChI is InChI=1S/C21H26N2O6S/c1-28-17-7-4-15(5-8-17)10-11-23-30(26,27)20-13-16(21(24)25)6-9-19(20)22-14-18-3-2-12-29-18/h4-9,13,18,22-23H,2-3,10-12,14H2,1H3,(H,24,25)/t18-/m1/s1. The molecule has 2 aromatic carbocycles. The lowest BCUT2D eigenvalue weighted by atomic mass is 10.1. The highest BCUT2D eigenvalue weighted by molar-refractivity contribution is 7.89. The summed E-state index contributed by atoms with van der Waals surface area (Å²) in [5.74, 6) is -0.456. The van der Waals surface area contributed by atoms with Gasteiger partial charge in [-0.3, -0.25) is 0 Å². The van der Waals surface area contributed by atoms with Crippen molar-refractivity contribution in [2.24, 2.45) is 0 Å². The first-order valence-corrected chi connectivity index (χ1v) is 11.2. The van der Waals surface area contributed by atoms with Gasteiger partial charge in [-0.15, -0.1) is 0 Å². The van der Waals surface area contributed by atoms with Gasteiger partial charge in [0.15, 0.2) is 0 Å². The Hall–Kier alpha value is -2.62. The molecule has 1 fully saturated rings. The maximum Gasteiger partial charge on any atom is 0.335 e. The number of rotatable bonds is 10. The molecule has 3 N–H and O–H groups in total. The molecule has 0 bridgehead atoms. The summed E-state index contributed by atoms with van der Waals surface area (Å²) in [6, 6.07) is 11.4. The average Bonchev–Trinajstić information content (AvgIpc) is 3.26. The van der Waals surface area contributed by atoms with Gasteiger partial charge in [0.25, 0.3) is 0 Å². The van der Waals surface area contributed by atoms with Gasteiger partial charge < -0.3 is 19.9 Å². The van der Waals surface area contributed by atoms with Crippen LogP contribution in [-0.4, -0.2) is 52.4 Å². The van der Waals surface area contributed by atoms with Gasteiger partial charge in [0, 0.05) is 19.7 Å². The summed E-state index contributed by atoms with van der Waals surface area (Å²) in [5.41, 5.74) is 1.22. The predicted molar refractivity (Wildman–Crippen MR) is 113 cm³/mol. The fourth-order valence-electron chi connectivity index (χ4n) is 3.25. The highest BCUT2D eigenvalue weighted by Gasteiger charge is 2.22. The minimum Gasteiger partial charge on any atom is -0.497 e. The lowest BCUT2D eigenvalue weighted by Gasteiger charge is -2.16. The highest BCUT2D eigenvalue weighted by Crippen LogP contribution is 2.24. The van der Waals surface area contributed by atoms with Gasteiger partial charge >= 0.3 is 5.97 Å². The number of anilines is 1. The SMILES string of the molecule is COc1ccc(CCNS(=O)(=O)c2cc(C(=O)O)ccc2NC[C@H]2CCCO2)cc1. The largest absolute Gasteiger partial charge is 0.497 e. The molecule has 1 saturated heterocycles. The van der Waals surface area contributed by atoms with Crippen LogP contribution in [0, 0.1) is 0 Å². The van der Waals surface area contributed by atoms with Crippen LogP contribution in [0.1, 0.15) is 28.8 Å². The van der Waals surface area contributed by atoms with E-state index in [1.165, 1.54) is 18.2 Å². The summed E-state index contributed by atoms with van der Waals surface area (Å²) in [6.07, 6.45) is 2.38. The Balaban J connectivity index is 1.72. The molecule has 0 aliphatic carbocycles. The van der Waals surface area contributed by atoms with Gasteiger partial charge in [0.1, 0.15) is 10.6 Å². The number of nitrogens with one attached hydrogen (secondary N) is 2. The van der Waals surface area contributed by atoms with E-state index in [1.807, 2.05) is 24.3 Å². The van der Waals surface area contributed by atoms with Crippen LogP contribution in [0.15, 0.2) is 47.4 Å². The van der Waals surface area contributed by atoms with Gasteiger partial charge in [-0.1, -0.05) is 12.1 Å². The number of aromatic carboxylic acids is 1. The number of methoxy groups -OCH3 is 1. The van der Waals surface area contributed by atoms with Crippen LogP contribution in [0.2, 0.25) is 0 Å². The van der Waals surface area contributed by atoms with Crippen LogP contribution < -0.4 is 14.8 Å². The number of carboxylic acid groups (broad SMARTS) is 1. The van der Waals surface area contributed by atoms with E-state index in [2.05, 4.69) is 10.0 Å². The Kier molecular flexibility index (Phi) is 7.30. The summed E-state index contributed by atoms with van der Waals surface area (Å²) in [5, 5.41) is 12.4. The van der Waals surface area contributed by atoms with Crippen molar-refractivity contribution in [2.75, 3.05) is 32.1 Å². The predicted octanol–water partition coefficient (Wildman–Crippen LogP) is 2.51. The lowest BCUT2D eigenvalue weighted by Crippen LogP contribution is -2.28. The van der Waals surface area contributed by atoms with Crippen molar-refractivity contribution >= 4 is 21.7 Å². The highest BCUT2D eigenvalue weighted by atomic mass is 32.2. The second-order valence-corrected chi connectivity index (χ2v) is 8.76. The smallest absolute Gasteiger partial charge is 0.335 e. The van der Waals surface area contributed by atoms with Gasteiger partial charge in [-0.2, -0.15) is 0 Å². The van der Waals surface area contributed by atoms with Crippen molar-refractivity contribution in [3.05, 3.63) is 53.6 Å². The summed E-state index contributed by atoms with van der Waals surface area (Å²) >= 11 is 0. The van der Waals surface area contributed by atoms with Crippen LogP contribution >= 0.6 is 0 Å². The van der Waals surface area contributed by atoms with Gasteiger partial charge in [-0.05, 0) is 55.2 Å². The van der Waals surface area contributed by atoms with Crippen molar-refractivity contribution in [1.82, 2.24) is 4.72 Å². The Labute approximate surface area is 176 Å². The summed E-state index contributed by atoms with van der Waals surface area (Å²) in [7, 11) is -2.33. The topological polar surface area (TPSA) is 114 Å². The number of carbonyl (C=O) groups is 1. The van der Waals surface area contributed by atoms with Crippen molar-refractivity contribution in [3.63, 3.8) is 0 Å². The molecule has 8 nitrogen and oxygen atoms in total. The van der Waals surface area contributed by atoms with E-state index in [0.717, 1.165) is 24.2 Å². The summed E-state index contributed by atoms with van der Waals surface area (Å²) in [6.45, 7) is 1.33. The van der Waals surface area contributed by atoms with E-state index in [4.69, 9.17) is 9.47 Å². The molecule has 0 spiro atoms. The summed E-state index contributed by atoms with van der Waals surface area (Å²) < 4.78 is 39.1. The Morgan fingerprint density at radius 2 is 2.00 bits per heavy atom. The molecule has 3 rings (SSSR count). The zero-order valence-corrected chi connectivity index (χ0v) is 17.6. The minimum atomic E-state index is -3.92. The molecule has 162 valence electrons.